The van der Waals surface area contributed by atoms with Gasteiger partial charge in [0.2, 0.25) is 0 Å². The first-order valence-corrected chi connectivity index (χ1v) is 7.41. The van der Waals surface area contributed by atoms with Crippen LogP contribution in [0.2, 0.25) is 0 Å². The zero-order valence-corrected chi connectivity index (χ0v) is 12.2. The van der Waals surface area contributed by atoms with E-state index in [1.807, 2.05) is 6.07 Å². The summed E-state index contributed by atoms with van der Waals surface area (Å²) in [7, 11) is 1.79. The van der Waals surface area contributed by atoms with Crippen LogP contribution in [-0.4, -0.2) is 41.6 Å². The van der Waals surface area contributed by atoms with Crippen molar-refractivity contribution in [3.63, 3.8) is 0 Å². The molecule has 1 aromatic heterocycles. The number of nitrogens with zero attached hydrogens (tertiary/aromatic N) is 2. The average molecular weight is 289 g/mol. The lowest BCUT2D eigenvalue weighted by molar-refractivity contribution is 0.0942. The first-order valence-electron chi connectivity index (χ1n) is 7.41. The van der Waals surface area contributed by atoms with Gasteiger partial charge in [0.15, 0.2) is 0 Å². The normalized spacial score (nSPS) is 15.7. The Morgan fingerprint density at radius 3 is 2.81 bits per heavy atom. The highest BCUT2D eigenvalue weighted by molar-refractivity contribution is 5.98. The van der Waals surface area contributed by atoms with E-state index < -0.39 is 0 Å². The minimum absolute atomic E-state index is 0.146. The van der Waals surface area contributed by atoms with Crippen molar-refractivity contribution in [3.05, 3.63) is 35.8 Å². The zero-order chi connectivity index (χ0) is 14.8. The van der Waals surface area contributed by atoms with Gasteiger partial charge in [0.25, 0.3) is 5.91 Å². The molecule has 0 aliphatic carbocycles. The summed E-state index contributed by atoms with van der Waals surface area (Å²) in [6.07, 6.45) is 2.49. The van der Waals surface area contributed by atoms with Crippen LogP contribution in [0.15, 0.2) is 24.3 Å². The summed E-state index contributed by atoms with van der Waals surface area (Å²) < 4.78 is 15.5. The predicted octanol–water partition coefficient (Wildman–Crippen LogP) is 2.14. The molecule has 0 spiro atoms. The van der Waals surface area contributed by atoms with Gasteiger partial charge in [-0.15, -0.1) is 0 Å². The number of carbonyl (C=O) groups is 1. The maximum Gasteiger partial charge on any atom is 0.267 e. The van der Waals surface area contributed by atoms with E-state index in [1.54, 1.807) is 23.7 Å². The number of hydrogen-bond acceptors (Lipinski definition) is 2. The Kier molecular flexibility index (Phi) is 3.92. The second kappa shape index (κ2) is 5.85. The van der Waals surface area contributed by atoms with Crippen molar-refractivity contribution in [2.24, 2.45) is 7.05 Å². The van der Waals surface area contributed by atoms with Crippen LogP contribution in [0.1, 0.15) is 23.3 Å². The molecule has 3 rings (SSSR count). The molecule has 0 bridgehead atoms. The molecule has 0 radical (unpaired) electrons. The summed E-state index contributed by atoms with van der Waals surface area (Å²) >= 11 is 0. The Morgan fingerprint density at radius 1 is 1.33 bits per heavy atom. The lowest BCUT2D eigenvalue weighted by Crippen LogP contribution is -2.34. The average Bonchev–Trinajstić information content (AvgIpc) is 3.08. The van der Waals surface area contributed by atoms with Crippen LogP contribution < -0.4 is 5.32 Å². The van der Waals surface area contributed by atoms with Crippen LogP contribution >= 0.6 is 0 Å². The van der Waals surface area contributed by atoms with Gasteiger partial charge < -0.3 is 14.8 Å². The monoisotopic (exact) mass is 289 g/mol. The van der Waals surface area contributed by atoms with Crippen molar-refractivity contribution < 1.29 is 9.18 Å². The highest BCUT2D eigenvalue weighted by Gasteiger charge is 2.16. The maximum atomic E-state index is 13.7. The zero-order valence-electron chi connectivity index (χ0n) is 12.2. The van der Waals surface area contributed by atoms with Gasteiger partial charge in [-0.05, 0) is 44.1 Å². The second-order valence-electron chi connectivity index (χ2n) is 5.57. The van der Waals surface area contributed by atoms with Gasteiger partial charge in [-0.3, -0.25) is 4.79 Å². The van der Waals surface area contributed by atoms with E-state index >= 15 is 0 Å². The van der Waals surface area contributed by atoms with E-state index in [0.717, 1.165) is 25.2 Å². The lowest BCUT2D eigenvalue weighted by atomic mass is 10.2. The molecule has 1 aliphatic heterocycles. The number of aryl methyl sites for hydroxylation is 1. The number of halogens is 1. The fourth-order valence-electron chi connectivity index (χ4n) is 2.97. The highest BCUT2D eigenvalue weighted by Crippen LogP contribution is 2.21. The molecule has 1 fully saturated rings. The third-order valence-corrected chi connectivity index (χ3v) is 4.18. The summed E-state index contributed by atoms with van der Waals surface area (Å²) in [5.74, 6) is -0.438. The lowest BCUT2D eigenvalue weighted by Gasteiger charge is -2.14. The maximum absolute atomic E-state index is 13.7. The predicted molar refractivity (Wildman–Crippen MR) is 80.9 cm³/mol. The van der Waals surface area contributed by atoms with Gasteiger partial charge >= 0.3 is 0 Å². The van der Waals surface area contributed by atoms with Crippen molar-refractivity contribution in [3.8, 4) is 0 Å². The molecule has 1 aromatic carbocycles. The molecule has 2 aromatic rings. The van der Waals surface area contributed by atoms with Crippen molar-refractivity contribution in [2.45, 2.75) is 12.8 Å². The van der Waals surface area contributed by atoms with E-state index in [-0.39, 0.29) is 11.7 Å². The smallest absolute Gasteiger partial charge is 0.267 e. The van der Waals surface area contributed by atoms with Crippen LogP contribution in [0.5, 0.6) is 0 Å². The molecule has 0 atom stereocenters. The Morgan fingerprint density at radius 2 is 2.10 bits per heavy atom. The Labute approximate surface area is 123 Å². The molecule has 1 N–H and O–H groups in total. The molecule has 5 heteroatoms. The van der Waals surface area contributed by atoms with E-state index in [9.17, 15) is 9.18 Å². The number of nitrogens with one attached hydrogen (secondary N) is 1. The van der Waals surface area contributed by atoms with Gasteiger partial charge in [-0.25, -0.2) is 4.39 Å². The third-order valence-electron chi connectivity index (χ3n) is 4.18. The number of likely N-dealkylation sites (tertiary alicyclic amines) is 1. The summed E-state index contributed by atoms with van der Waals surface area (Å²) in [6.45, 7) is 3.75. The van der Waals surface area contributed by atoms with Gasteiger partial charge in [-0.2, -0.15) is 0 Å². The summed E-state index contributed by atoms with van der Waals surface area (Å²) in [5, 5.41) is 3.41. The highest BCUT2D eigenvalue weighted by atomic mass is 19.1. The number of aromatic nitrogens is 1. The van der Waals surface area contributed by atoms with E-state index in [2.05, 4.69) is 10.2 Å². The molecule has 0 unspecified atom stereocenters. The summed E-state index contributed by atoms with van der Waals surface area (Å²) in [6, 6.07) is 6.51. The molecular weight excluding hydrogens is 269 g/mol. The molecule has 4 nitrogen and oxygen atoms in total. The minimum Gasteiger partial charge on any atom is -0.349 e. The van der Waals surface area contributed by atoms with E-state index in [1.165, 1.54) is 18.9 Å². The number of rotatable bonds is 4. The fraction of sp³-hybridized carbons (Fsp3) is 0.438. The number of carbonyl (C=O) groups excluding carboxylic acids is 1. The van der Waals surface area contributed by atoms with Crippen molar-refractivity contribution in [1.82, 2.24) is 14.8 Å². The summed E-state index contributed by atoms with van der Waals surface area (Å²) in [4.78, 5) is 14.6. The number of amides is 1. The molecule has 21 heavy (non-hydrogen) atoms. The first kappa shape index (κ1) is 14.1. The topological polar surface area (TPSA) is 37.3 Å². The fourth-order valence-corrected chi connectivity index (χ4v) is 2.97. The van der Waals surface area contributed by atoms with E-state index in [0.29, 0.717) is 17.6 Å². The number of hydrogen-bond donors (Lipinski definition) is 1. The van der Waals surface area contributed by atoms with Crippen molar-refractivity contribution in [2.75, 3.05) is 26.2 Å². The largest absolute Gasteiger partial charge is 0.349 e. The third kappa shape index (κ3) is 2.78. The molecule has 1 amide bonds. The molecule has 1 saturated heterocycles. The van der Waals surface area contributed by atoms with E-state index in [4.69, 9.17) is 0 Å². The Balaban J connectivity index is 1.69. The van der Waals surface area contributed by atoms with Crippen LogP contribution in [0.4, 0.5) is 4.39 Å². The van der Waals surface area contributed by atoms with Gasteiger partial charge in [0.05, 0.1) is 5.52 Å². The van der Waals surface area contributed by atoms with Crippen LogP contribution in [-0.2, 0) is 7.05 Å². The van der Waals surface area contributed by atoms with Crippen molar-refractivity contribution >= 4 is 16.8 Å². The van der Waals surface area contributed by atoms with Crippen LogP contribution in [0, 0.1) is 5.82 Å². The SMILES string of the molecule is Cn1c(C(=O)NCCN2CCCC2)cc2c(F)cccc21. The van der Waals surface area contributed by atoms with Crippen LogP contribution in [0.25, 0.3) is 10.9 Å². The molecule has 2 heterocycles. The van der Waals surface area contributed by atoms with Crippen molar-refractivity contribution in [1.29, 1.82) is 0 Å². The van der Waals surface area contributed by atoms with Crippen LogP contribution in [0.3, 0.4) is 0 Å². The van der Waals surface area contributed by atoms with Gasteiger partial charge in [0.1, 0.15) is 11.5 Å². The quantitative estimate of drug-likeness (QED) is 0.936. The minimum atomic E-state index is -0.292. The second-order valence-corrected chi connectivity index (χ2v) is 5.57. The van der Waals surface area contributed by atoms with Gasteiger partial charge in [-0.1, -0.05) is 6.07 Å². The van der Waals surface area contributed by atoms with Gasteiger partial charge in [0, 0.05) is 25.5 Å². The Bertz CT molecular complexity index is 659. The molecule has 0 saturated carbocycles. The molecule has 112 valence electrons. The molecule has 1 aliphatic rings. The molecular formula is C16H20FN3O. The first-order chi connectivity index (χ1) is 10.2. The summed E-state index contributed by atoms with van der Waals surface area (Å²) in [5.41, 5.74) is 1.23. The Hall–Kier alpha value is -1.88. The standard InChI is InChI=1S/C16H20FN3O/c1-19-14-6-4-5-13(17)12(14)11-15(19)16(21)18-7-10-20-8-2-3-9-20/h4-6,11H,2-3,7-10H2,1H3,(H,18,21). The number of benzene rings is 1. The number of fused-ring (bicyclic) bond motifs is 1.